The van der Waals surface area contributed by atoms with E-state index in [-0.39, 0.29) is 12.7 Å². The first-order valence-electron chi connectivity index (χ1n) is 10.7. The molecule has 1 aliphatic rings. The summed E-state index contributed by atoms with van der Waals surface area (Å²) in [6.07, 6.45) is 2.81. The normalized spacial score (nSPS) is 21.5. The first-order chi connectivity index (χ1) is 14.6. The van der Waals surface area contributed by atoms with Crippen LogP contribution in [-0.4, -0.2) is 74.8 Å². The summed E-state index contributed by atoms with van der Waals surface area (Å²) in [6, 6.07) is 9.87. The van der Waals surface area contributed by atoms with Gasteiger partial charge in [-0.2, -0.15) is 0 Å². The molecule has 7 nitrogen and oxygen atoms in total. The fourth-order valence-electron chi connectivity index (χ4n) is 3.27. The van der Waals surface area contributed by atoms with Gasteiger partial charge in [0.1, 0.15) is 18.0 Å². The zero-order chi connectivity index (χ0) is 21.5. The van der Waals surface area contributed by atoms with Crippen LogP contribution in [-0.2, 0) is 30.3 Å². The number of aliphatic hydroxyl groups is 2. The number of ether oxygens (including phenoxy) is 5. The van der Waals surface area contributed by atoms with Crippen LogP contribution in [0.1, 0.15) is 31.2 Å². The monoisotopic (exact) mass is 424 g/mol. The Kier molecular flexibility index (Phi) is 12.0. The van der Waals surface area contributed by atoms with Crippen molar-refractivity contribution < 1.29 is 33.9 Å². The SMILES string of the molecule is C=C(OCc1ccccc1)C1(O)CCC(OCCOCCOCCOCCO)CC1. The van der Waals surface area contributed by atoms with E-state index in [2.05, 4.69) is 6.58 Å². The summed E-state index contributed by atoms with van der Waals surface area (Å²) in [7, 11) is 0. The van der Waals surface area contributed by atoms with Crippen molar-refractivity contribution in [2.24, 2.45) is 0 Å². The molecular weight excluding hydrogens is 388 g/mol. The van der Waals surface area contributed by atoms with Crippen LogP contribution >= 0.6 is 0 Å². The van der Waals surface area contributed by atoms with Gasteiger partial charge in [0, 0.05) is 0 Å². The van der Waals surface area contributed by atoms with Crippen molar-refractivity contribution in [1.29, 1.82) is 0 Å². The molecule has 170 valence electrons. The second-order valence-corrected chi connectivity index (χ2v) is 7.36. The summed E-state index contributed by atoms with van der Waals surface area (Å²) in [5.41, 5.74) is 0.0725. The Balaban J connectivity index is 1.48. The predicted molar refractivity (Wildman–Crippen MR) is 113 cm³/mol. The largest absolute Gasteiger partial charge is 0.491 e. The molecular formula is C23H36O7. The minimum atomic E-state index is -0.983. The smallest absolute Gasteiger partial charge is 0.121 e. The van der Waals surface area contributed by atoms with Crippen molar-refractivity contribution in [3.8, 4) is 0 Å². The Morgan fingerprint density at radius 2 is 1.47 bits per heavy atom. The zero-order valence-corrected chi connectivity index (χ0v) is 17.8. The molecule has 0 heterocycles. The van der Waals surface area contributed by atoms with Gasteiger partial charge in [-0.3, -0.25) is 0 Å². The van der Waals surface area contributed by atoms with E-state index in [0.29, 0.717) is 71.5 Å². The van der Waals surface area contributed by atoms with Crippen molar-refractivity contribution in [2.75, 3.05) is 52.9 Å². The number of hydrogen-bond acceptors (Lipinski definition) is 7. The molecule has 1 fully saturated rings. The summed E-state index contributed by atoms with van der Waals surface area (Å²) in [6.45, 7) is 7.75. The van der Waals surface area contributed by atoms with E-state index in [1.54, 1.807) is 0 Å². The Bertz CT molecular complexity index is 570. The third-order valence-corrected chi connectivity index (χ3v) is 5.10. The summed E-state index contributed by atoms with van der Waals surface area (Å²) in [4.78, 5) is 0. The second-order valence-electron chi connectivity index (χ2n) is 7.36. The van der Waals surface area contributed by atoms with Gasteiger partial charge in [0.05, 0.1) is 59.0 Å². The Hall–Kier alpha value is -1.48. The van der Waals surface area contributed by atoms with Crippen LogP contribution in [0.5, 0.6) is 0 Å². The quantitative estimate of drug-likeness (QED) is 0.311. The first-order valence-corrected chi connectivity index (χ1v) is 10.7. The lowest BCUT2D eigenvalue weighted by molar-refractivity contribution is -0.0741. The van der Waals surface area contributed by atoms with Gasteiger partial charge in [0.15, 0.2) is 0 Å². The molecule has 1 saturated carbocycles. The number of hydrogen-bond donors (Lipinski definition) is 2. The van der Waals surface area contributed by atoms with Crippen molar-refractivity contribution in [1.82, 2.24) is 0 Å². The van der Waals surface area contributed by atoms with Crippen LogP contribution in [0, 0.1) is 0 Å². The highest BCUT2D eigenvalue weighted by molar-refractivity contribution is 5.15. The van der Waals surface area contributed by atoms with Gasteiger partial charge < -0.3 is 33.9 Å². The Morgan fingerprint density at radius 1 is 0.900 bits per heavy atom. The number of benzene rings is 1. The fourth-order valence-corrected chi connectivity index (χ4v) is 3.27. The minimum absolute atomic E-state index is 0.0280. The van der Waals surface area contributed by atoms with E-state index in [9.17, 15) is 5.11 Å². The molecule has 2 rings (SSSR count). The lowest BCUT2D eigenvalue weighted by Gasteiger charge is -2.36. The number of aliphatic hydroxyl groups excluding tert-OH is 1. The Morgan fingerprint density at radius 3 is 2.07 bits per heavy atom. The lowest BCUT2D eigenvalue weighted by atomic mass is 9.82. The topological polar surface area (TPSA) is 86.6 Å². The van der Waals surface area contributed by atoms with Gasteiger partial charge in [-0.05, 0) is 31.2 Å². The number of rotatable bonds is 16. The zero-order valence-electron chi connectivity index (χ0n) is 17.8. The van der Waals surface area contributed by atoms with E-state index in [1.165, 1.54) is 0 Å². The molecule has 0 saturated heterocycles. The molecule has 30 heavy (non-hydrogen) atoms. The van der Waals surface area contributed by atoms with Gasteiger partial charge in [-0.1, -0.05) is 36.9 Å². The standard InChI is InChI=1S/C23H36O7/c1-20(30-19-21-5-3-2-4-6-21)23(25)9-7-22(8-10-23)29-18-17-28-16-15-27-14-13-26-12-11-24/h2-6,22,24-25H,1,7-19H2. The molecule has 2 N–H and O–H groups in total. The summed E-state index contributed by atoms with van der Waals surface area (Å²) in [5.74, 6) is 0.440. The molecule has 0 unspecified atom stereocenters. The summed E-state index contributed by atoms with van der Waals surface area (Å²) >= 11 is 0. The van der Waals surface area contributed by atoms with Gasteiger partial charge in [-0.25, -0.2) is 0 Å². The van der Waals surface area contributed by atoms with Crippen LogP contribution in [0.3, 0.4) is 0 Å². The maximum atomic E-state index is 10.9. The maximum absolute atomic E-state index is 10.9. The van der Waals surface area contributed by atoms with Gasteiger partial charge in [0.25, 0.3) is 0 Å². The average molecular weight is 425 g/mol. The van der Waals surface area contributed by atoms with E-state index in [0.717, 1.165) is 18.4 Å². The molecule has 0 radical (unpaired) electrons. The van der Waals surface area contributed by atoms with Crippen molar-refractivity contribution in [3.63, 3.8) is 0 Å². The molecule has 1 aromatic rings. The molecule has 7 heteroatoms. The molecule has 0 atom stereocenters. The highest BCUT2D eigenvalue weighted by Gasteiger charge is 2.37. The van der Waals surface area contributed by atoms with E-state index in [4.69, 9.17) is 28.8 Å². The highest BCUT2D eigenvalue weighted by atomic mass is 16.6. The molecule has 1 aliphatic carbocycles. The van der Waals surface area contributed by atoms with Gasteiger partial charge in [-0.15, -0.1) is 0 Å². The van der Waals surface area contributed by atoms with E-state index < -0.39 is 5.60 Å². The van der Waals surface area contributed by atoms with Crippen molar-refractivity contribution >= 4 is 0 Å². The van der Waals surface area contributed by atoms with Crippen molar-refractivity contribution in [2.45, 2.75) is 44.0 Å². The molecule has 0 spiro atoms. The van der Waals surface area contributed by atoms with Crippen molar-refractivity contribution in [3.05, 3.63) is 48.2 Å². The third-order valence-electron chi connectivity index (χ3n) is 5.10. The van der Waals surface area contributed by atoms with E-state index in [1.807, 2.05) is 30.3 Å². The van der Waals surface area contributed by atoms with Crippen LogP contribution < -0.4 is 0 Å². The van der Waals surface area contributed by atoms with Crippen LogP contribution in [0.2, 0.25) is 0 Å². The highest BCUT2D eigenvalue weighted by Crippen LogP contribution is 2.35. The first kappa shape index (κ1) is 24.8. The molecule has 1 aromatic carbocycles. The minimum Gasteiger partial charge on any atom is -0.491 e. The van der Waals surface area contributed by atoms with Gasteiger partial charge in [0.2, 0.25) is 0 Å². The fraction of sp³-hybridized carbons (Fsp3) is 0.652. The average Bonchev–Trinajstić information content (AvgIpc) is 2.78. The molecule has 0 amide bonds. The summed E-state index contributed by atoms with van der Waals surface area (Å²) < 4.78 is 27.5. The van der Waals surface area contributed by atoms with Crippen LogP contribution in [0.15, 0.2) is 42.7 Å². The van der Waals surface area contributed by atoms with Crippen LogP contribution in [0.25, 0.3) is 0 Å². The maximum Gasteiger partial charge on any atom is 0.121 e. The summed E-state index contributed by atoms with van der Waals surface area (Å²) in [5, 5.41) is 19.4. The Labute approximate surface area is 179 Å². The second kappa shape index (κ2) is 14.5. The van der Waals surface area contributed by atoms with E-state index >= 15 is 0 Å². The van der Waals surface area contributed by atoms with Crippen LogP contribution in [0.4, 0.5) is 0 Å². The predicted octanol–water partition coefficient (Wildman–Crippen LogP) is 2.45. The molecule has 0 bridgehead atoms. The third kappa shape index (κ3) is 9.55. The lowest BCUT2D eigenvalue weighted by Crippen LogP contribution is -2.39. The van der Waals surface area contributed by atoms with Gasteiger partial charge >= 0.3 is 0 Å². The molecule has 0 aromatic heterocycles. The molecule has 0 aliphatic heterocycles.